The van der Waals surface area contributed by atoms with Crippen molar-refractivity contribution in [2.24, 2.45) is 0 Å². The maximum Gasteiger partial charge on any atom is 0.289 e. The molecule has 0 saturated heterocycles. The molecule has 21 heavy (non-hydrogen) atoms. The fourth-order valence-electron chi connectivity index (χ4n) is 2.40. The van der Waals surface area contributed by atoms with Crippen molar-refractivity contribution in [3.8, 4) is 11.1 Å². The minimum Gasteiger partial charge on any atom is -0.305 e. The van der Waals surface area contributed by atoms with E-state index >= 15 is 0 Å². The van der Waals surface area contributed by atoms with Crippen molar-refractivity contribution in [1.29, 1.82) is 0 Å². The number of benzene rings is 1. The van der Waals surface area contributed by atoms with Crippen LogP contribution in [0.4, 0.5) is 5.82 Å². The number of amides is 1. The second-order valence-electron chi connectivity index (χ2n) is 4.88. The van der Waals surface area contributed by atoms with Crippen molar-refractivity contribution < 1.29 is 9.59 Å². The molecule has 2 heterocycles. The van der Waals surface area contributed by atoms with Gasteiger partial charge in [0.2, 0.25) is 6.29 Å². The van der Waals surface area contributed by atoms with Crippen LogP contribution >= 0.6 is 0 Å². The molecule has 0 unspecified atom stereocenters. The molecule has 1 aromatic carbocycles. The average Bonchev–Trinajstić information content (AvgIpc) is 2.85. The summed E-state index contributed by atoms with van der Waals surface area (Å²) in [5, 5.41) is 2.66. The molecule has 0 aliphatic carbocycles. The number of hydrogen-bond donors (Lipinski definition) is 1. The number of pyridine rings is 1. The first-order valence-corrected chi connectivity index (χ1v) is 6.62. The molecule has 0 bridgehead atoms. The van der Waals surface area contributed by atoms with Crippen molar-refractivity contribution in [3.05, 3.63) is 60.3 Å². The first-order valence-electron chi connectivity index (χ1n) is 6.62. The number of anilines is 1. The summed E-state index contributed by atoms with van der Waals surface area (Å²) in [4.78, 5) is 22.1. The molecule has 3 aromatic rings. The van der Waals surface area contributed by atoms with Gasteiger partial charge in [-0.1, -0.05) is 30.3 Å². The third-order valence-corrected chi connectivity index (χ3v) is 3.36. The summed E-state index contributed by atoms with van der Waals surface area (Å²) in [7, 11) is 0. The molecule has 0 aliphatic rings. The van der Waals surface area contributed by atoms with Gasteiger partial charge in [-0.05, 0) is 36.2 Å². The molecule has 0 aliphatic heterocycles. The Bertz CT molecular complexity index is 819. The van der Waals surface area contributed by atoms with E-state index in [1.807, 2.05) is 66.1 Å². The van der Waals surface area contributed by atoms with E-state index in [1.165, 1.54) is 0 Å². The van der Waals surface area contributed by atoms with Crippen LogP contribution in [-0.2, 0) is 9.59 Å². The van der Waals surface area contributed by atoms with E-state index in [1.54, 1.807) is 0 Å². The Morgan fingerprint density at radius 2 is 1.90 bits per heavy atom. The number of fused-ring (bicyclic) bond motifs is 1. The predicted octanol–water partition coefficient (Wildman–Crippen LogP) is 3.05. The summed E-state index contributed by atoms with van der Waals surface area (Å²) in [5.74, 6) is -0.0546. The highest BCUT2D eigenvalue weighted by Gasteiger charge is 2.14. The standard InChI is InChI=1S/C17H14N2O2/c1-12-7-8-19-14(9-12)10-15(13-5-3-2-4-6-13)17(19)18-16(21)11-20/h2-11H,1H3,(H,18,21). The van der Waals surface area contributed by atoms with E-state index in [9.17, 15) is 9.59 Å². The Labute approximate surface area is 122 Å². The zero-order valence-corrected chi connectivity index (χ0v) is 11.5. The number of nitrogens with zero attached hydrogens (tertiary/aromatic N) is 1. The van der Waals surface area contributed by atoms with Crippen LogP contribution in [0.3, 0.4) is 0 Å². The van der Waals surface area contributed by atoms with Gasteiger partial charge in [0.25, 0.3) is 5.91 Å². The van der Waals surface area contributed by atoms with Crippen LogP contribution in [0.15, 0.2) is 54.7 Å². The van der Waals surface area contributed by atoms with Crippen LogP contribution in [-0.4, -0.2) is 16.6 Å². The SMILES string of the molecule is Cc1ccn2c(NC(=O)C=O)c(-c3ccccc3)cc2c1. The van der Waals surface area contributed by atoms with Crippen molar-refractivity contribution in [1.82, 2.24) is 4.40 Å². The lowest BCUT2D eigenvalue weighted by Crippen LogP contribution is -2.14. The van der Waals surface area contributed by atoms with Gasteiger partial charge < -0.3 is 9.72 Å². The lowest BCUT2D eigenvalue weighted by atomic mass is 10.1. The number of nitrogens with one attached hydrogen (secondary N) is 1. The minimum absolute atomic E-state index is 0.280. The molecule has 2 aromatic heterocycles. The summed E-state index contributed by atoms with van der Waals surface area (Å²) >= 11 is 0. The van der Waals surface area contributed by atoms with E-state index in [-0.39, 0.29) is 6.29 Å². The quantitative estimate of drug-likeness (QED) is 0.591. The first-order chi connectivity index (χ1) is 10.2. The fourth-order valence-corrected chi connectivity index (χ4v) is 2.40. The second kappa shape index (κ2) is 5.25. The topological polar surface area (TPSA) is 50.6 Å². The number of aromatic nitrogens is 1. The molecule has 1 amide bonds. The van der Waals surface area contributed by atoms with E-state index < -0.39 is 5.91 Å². The molecule has 4 nitrogen and oxygen atoms in total. The van der Waals surface area contributed by atoms with Gasteiger partial charge in [-0.15, -0.1) is 0 Å². The highest BCUT2D eigenvalue weighted by molar-refractivity contribution is 6.29. The number of aryl methyl sites for hydroxylation is 1. The van der Waals surface area contributed by atoms with Crippen LogP contribution in [0.25, 0.3) is 16.6 Å². The van der Waals surface area contributed by atoms with Crippen LogP contribution in [0.1, 0.15) is 5.56 Å². The molecular weight excluding hydrogens is 264 g/mol. The third-order valence-electron chi connectivity index (χ3n) is 3.36. The smallest absolute Gasteiger partial charge is 0.289 e. The molecule has 3 rings (SSSR count). The molecule has 4 heteroatoms. The van der Waals surface area contributed by atoms with Crippen molar-refractivity contribution >= 4 is 23.5 Å². The van der Waals surface area contributed by atoms with Gasteiger partial charge in [0.15, 0.2) is 0 Å². The van der Waals surface area contributed by atoms with E-state index in [0.717, 1.165) is 22.2 Å². The number of carbonyl (C=O) groups is 2. The van der Waals surface area contributed by atoms with Gasteiger partial charge >= 0.3 is 0 Å². The van der Waals surface area contributed by atoms with Crippen molar-refractivity contribution in [3.63, 3.8) is 0 Å². The fraction of sp³-hybridized carbons (Fsp3) is 0.0588. The van der Waals surface area contributed by atoms with Gasteiger partial charge in [-0.25, -0.2) is 0 Å². The summed E-state index contributed by atoms with van der Waals surface area (Å²) in [5.41, 5.74) is 3.97. The minimum atomic E-state index is -0.659. The van der Waals surface area contributed by atoms with Crippen LogP contribution in [0, 0.1) is 6.92 Å². The highest BCUT2D eigenvalue weighted by Crippen LogP contribution is 2.32. The van der Waals surface area contributed by atoms with Crippen molar-refractivity contribution in [2.45, 2.75) is 6.92 Å². The van der Waals surface area contributed by atoms with Gasteiger partial charge in [-0.2, -0.15) is 0 Å². The first kappa shape index (κ1) is 13.1. The van der Waals surface area contributed by atoms with Gasteiger partial charge in [0, 0.05) is 17.3 Å². The summed E-state index contributed by atoms with van der Waals surface area (Å²) in [6.07, 6.45) is 2.17. The summed E-state index contributed by atoms with van der Waals surface area (Å²) < 4.78 is 1.87. The Balaban J connectivity index is 2.24. The molecular formula is C17H14N2O2. The second-order valence-corrected chi connectivity index (χ2v) is 4.88. The molecule has 0 spiro atoms. The zero-order chi connectivity index (χ0) is 14.8. The van der Waals surface area contributed by atoms with E-state index in [0.29, 0.717) is 5.82 Å². The predicted molar refractivity (Wildman–Crippen MR) is 82.3 cm³/mol. The Hall–Kier alpha value is -2.88. The van der Waals surface area contributed by atoms with Gasteiger partial charge in [-0.3, -0.25) is 9.59 Å². The molecule has 0 saturated carbocycles. The highest BCUT2D eigenvalue weighted by atomic mass is 16.2. The van der Waals surface area contributed by atoms with Gasteiger partial charge in [0.05, 0.1) is 0 Å². The third kappa shape index (κ3) is 2.43. The summed E-state index contributed by atoms with van der Waals surface area (Å²) in [6, 6.07) is 15.7. The number of hydrogen-bond acceptors (Lipinski definition) is 2. The van der Waals surface area contributed by atoms with Crippen LogP contribution < -0.4 is 5.32 Å². The van der Waals surface area contributed by atoms with E-state index in [4.69, 9.17) is 0 Å². The number of carbonyl (C=O) groups excluding carboxylic acids is 2. The largest absolute Gasteiger partial charge is 0.305 e. The lowest BCUT2D eigenvalue weighted by molar-refractivity contribution is -0.127. The Morgan fingerprint density at radius 1 is 1.14 bits per heavy atom. The maximum absolute atomic E-state index is 11.5. The number of aldehydes is 1. The van der Waals surface area contributed by atoms with Gasteiger partial charge in [0.1, 0.15) is 5.82 Å². The zero-order valence-electron chi connectivity index (χ0n) is 11.5. The average molecular weight is 278 g/mol. The molecule has 104 valence electrons. The molecule has 0 radical (unpaired) electrons. The van der Waals surface area contributed by atoms with E-state index in [2.05, 4.69) is 5.32 Å². The maximum atomic E-state index is 11.5. The molecule has 0 atom stereocenters. The van der Waals surface area contributed by atoms with Crippen molar-refractivity contribution in [2.75, 3.05) is 5.32 Å². The summed E-state index contributed by atoms with van der Waals surface area (Å²) in [6.45, 7) is 2.01. The molecule has 0 fully saturated rings. The number of rotatable bonds is 3. The van der Waals surface area contributed by atoms with Crippen LogP contribution in [0.5, 0.6) is 0 Å². The lowest BCUT2D eigenvalue weighted by Gasteiger charge is -2.07. The Kier molecular flexibility index (Phi) is 3.28. The Morgan fingerprint density at radius 3 is 2.62 bits per heavy atom. The van der Waals surface area contributed by atoms with Crippen LogP contribution in [0.2, 0.25) is 0 Å². The monoisotopic (exact) mass is 278 g/mol. The molecule has 1 N–H and O–H groups in total. The normalized spacial score (nSPS) is 10.5.